The topological polar surface area (TPSA) is 46.9 Å². The second-order valence-corrected chi connectivity index (χ2v) is 4.88. The highest BCUT2D eigenvalue weighted by atomic mass is 16.3. The van der Waals surface area contributed by atoms with E-state index in [2.05, 4.69) is 23.6 Å². The minimum absolute atomic E-state index is 0.135. The monoisotopic (exact) mass is 216 g/mol. The van der Waals surface area contributed by atoms with Gasteiger partial charge < -0.3 is 15.1 Å². The van der Waals surface area contributed by atoms with Gasteiger partial charge in [0.2, 0.25) is 0 Å². The van der Waals surface area contributed by atoms with Gasteiger partial charge in [-0.3, -0.25) is 4.90 Å². The predicted octanol–water partition coefficient (Wildman–Crippen LogP) is -0.243. The lowest BCUT2D eigenvalue weighted by molar-refractivity contribution is 0.00782. The fourth-order valence-corrected chi connectivity index (χ4v) is 2.31. The van der Waals surface area contributed by atoms with E-state index >= 15 is 0 Å². The fourth-order valence-electron chi connectivity index (χ4n) is 2.31. The normalized spacial score (nSPS) is 23.2. The van der Waals surface area contributed by atoms with Gasteiger partial charge in [0.25, 0.3) is 0 Å². The first-order valence-electron chi connectivity index (χ1n) is 5.79. The minimum atomic E-state index is 0.135. The van der Waals surface area contributed by atoms with Crippen molar-refractivity contribution < 1.29 is 10.2 Å². The van der Waals surface area contributed by atoms with Gasteiger partial charge in [-0.1, -0.05) is 0 Å². The van der Waals surface area contributed by atoms with Crippen molar-refractivity contribution >= 4 is 0 Å². The maximum atomic E-state index is 8.97. The second-order valence-electron chi connectivity index (χ2n) is 4.88. The van der Waals surface area contributed by atoms with E-state index in [0.717, 1.165) is 39.1 Å². The lowest BCUT2D eigenvalue weighted by atomic mass is 9.98. The highest BCUT2D eigenvalue weighted by molar-refractivity contribution is 4.89. The van der Waals surface area contributed by atoms with Crippen LogP contribution in [0.1, 0.15) is 20.3 Å². The zero-order valence-corrected chi connectivity index (χ0v) is 9.95. The van der Waals surface area contributed by atoms with Crippen LogP contribution in [-0.2, 0) is 0 Å². The molecular weight excluding hydrogens is 192 g/mol. The Morgan fingerprint density at radius 3 is 2.33 bits per heavy atom. The summed E-state index contributed by atoms with van der Waals surface area (Å²) >= 11 is 0. The lowest BCUT2D eigenvalue weighted by Gasteiger charge is -2.47. The van der Waals surface area contributed by atoms with Crippen LogP contribution in [0.25, 0.3) is 0 Å². The molecule has 0 aromatic carbocycles. The summed E-state index contributed by atoms with van der Waals surface area (Å²) in [4.78, 5) is 4.73. The van der Waals surface area contributed by atoms with Crippen LogP contribution in [0.15, 0.2) is 0 Å². The molecule has 0 unspecified atom stereocenters. The van der Waals surface area contributed by atoms with Crippen molar-refractivity contribution in [2.45, 2.75) is 25.8 Å². The molecule has 0 spiro atoms. The number of nitrogens with zero attached hydrogens (tertiary/aromatic N) is 2. The summed E-state index contributed by atoms with van der Waals surface area (Å²) in [5.74, 6) is 0. The Morgan fingerprint density at radius 2 is 1.80 bits per heavy atom. The molecule has 2 N–H and O–H groups in total. The summed E-state index contributed by atoms with van der Waals surface area (Å²) in [5, 5.41) is 17.8. The second kappa shape index (κ2) is 5.80. The van der Waals surface area contributed by atoms with Crippen molar-refractivity contribution in [3.8, 4) is 0 Å². The predicted molar refractivity (Wildman–Crippen MR) is 60.9 cm³/mol. The quantitative estimate of drug-likeness (QED) is 0.666. The average Bonchev–Trinajstić information content (AvgIpc) is 2.18. The van der Waals surface area contributed by atoms with E-state index in [-0.39, 0.29) is 18.8 Å². The van der Waals surface area contributed by atoms with Crippen molar-refractivity contribution in [2.24, 2.45) is 0 Å². The molecule has 0 aromatic heterocycles. The van der Waals surface area contributed by atoms with E-state index in [1.165, 1.54) is 0 Å². The summed E-state index contributed by atoms with van der Waals surface area (Å²) in [6.07, 6.45) is 0.857. The zero-order chi connectivity index (χ0) is 11.3. The number of hydrogen-bond donors (Lipinski definition) is 2. The third kappa shape index (κ3) is 3.72. The first-order valence-corrected chi connectivity index (χ1v) is 5.79. The first kappa shape index (κ1) is 12.9. The average molecular weight is 216 g/mol. The molecule has 1 heterocycles. The molecule has 0 radical (unpaired) electrons. The number of piperazine rings is 1. The van der Waals surface area contributed by atoms with E-state index in [0.29, 0.717) is 0 Å². The number of hydrogen-bond acceptors (Lipinski definition) is 4. The minimum Gasteiger partial charge on any atom is -0.396 e. The van der Waals surface area contributed by atoms with E-state index in [4.69, 9.17) is 10.2 Å². The molecule has 4 nitrogen and oxygen atoms in total. The molecule has 90 valence electrons. The third-order valence-corrected chi connectivity index (χ3v) is 3.16. The molecule has 1 fully saturated rings. The van der Waals surface area contributed by atoms with Gasteiger partial charge in [0, 0.05) is 44.9 Å². The number of β-amino-alcohol motifs (C(OH)–C–C–N with tert-alkyl or cyclic N) is 1. The van der Waals surface area contributed by atoms with E-state index in [9.17, 15) is 0 Å². The van der Waals surface area contributed by atoms with Crippen LogP contribution in [0.3, 0.4) is 0 Å². The largest absolute Gasteiger partial charge is 0.396 e. The van der Waals surface area contributed by atoms with Crippen LogP contribution < -0.4 is 0 Å². The van der Waals surface area contributed by atoms with Gasteiger partial charge in [0.15, 0.2) is 0 Å². The smallest absolute Gasteiger partial charge is 0.0558 e. The van der Waals surface area contributed by atoms with Crippen LogP contribution in [0, 0.1) is 0 Å². The molecule has 1 rings (SSSR count). The van der Waals surface area contributed by atoms with Crippen LogP contribution >= 0.6 is 0 Å². The Hall–Kier alpha value is -0.160. The Kier molecular flexibility index (Phi) is 4.99. The third-order valence-electron chi connectivity index (χ3n) is 3.16. The number of rotatable bonds is 5. The highest BCUT2D eigenvalue weighted by Gasteiger charge is 2.32. The van der Waals surface area contributed by atoms with E-state index < -0.39 is 0 Å². The van der Waals surface area contributed by atoms with E-state index in [1.54, 1.807) is 0 Å². The van der Waals surface area contributed by atoms with Gasteiger partial charge in [-0.2, -0.15) is 0 Å². The van der Waals surface area contributed by atoms with Crippen molar-refractivity contribution in [1.29, 1.82) is 0 Å². The summed E-state index contributed by atoms with van der Waals surface area (Å²) in [5.41, 5.74) is 0.135. The van der Waals surface area contributed by atoms with Gasteiger partial charge in [0.1, 0.15) is 0 Å². The van der Waals surface area contributed by atoms with Gasteiger partial charge in [0.05, 0.1) is 6.61 Å². The summed E-state index contributed by atoms with van der Waals surface area (Å²) in [6.45, 7) is 9.77. The van der Waals surface area contributed by atoms with Crippen LogP contribution in [0.5, 0.6) is 0 Å². The van der Waals surface area contributed by atoms with Gasteiger partial charge >= 0.3 is 0 Å². The summed E-state index contributed by atoms with van der Waals surface area (Å²) in [7, 11) is 0. The van der Waals surface area contributed by atoms with Crippen molar-refractivity contribution in [3.63, 3.8) is 0 Å². The molecule has 4 heteroatoms. The first-order chi connectivity index (χ1) is 7.10. The highest BCUT2D eigenvalue weighted by Crippen LogP contribution is 2.20. The molecule has 0 amide bonds. The molecule has 0 saturated carbocycles. The van der Waals surface area contributed by atoms with Gasteiger partial charge in [-0.25, -0.2) is 0 Å². The number of aliphatic hydroxyl groups is 2. The molecular formula is C11H24N2O2. The fraction of sp³-hybridized carbons (Fsp3) is 1.00. The molecule has 0 bridgehead atoms. The molecule has 0 atom stereocenters. The maximum Gasteiger partial charge on any atom is 0.0558 e. The standard InChI is InChI=1S/C11H24N2O2/c1-11(2)10-12(4-3-8-14)5-6-13(11)7-9-15/h14-15H,3-10H2,1-2H3. The summed E-state index contributed by atoms with van der Waals surface area (Å²) in [6, 6.07) is 0. The Morgan fingerprint density at radius 1 is 1.07 bits per heavy atom. The number of aliphatic hydroxyl groups excluding tert-OH is 2. The summed E-state index contributed by atoms with van der Waals surface area (Å²) < 4.78 is 0. The van der Waals surface area contributed by atoms with Crippen molar-refractivity contribution in [2.75, 3.05) is 45.9 Å². The molecule has 1 saturated heterocycles. The molecule has 15 heavy (non-hydrogen) atoms. The Bertz CT molecular complexity index is 185. The lowest BCUT2D eigenvalue weighted by Crippen LogP contribution is -2.59. The Balaban J connectivity index is 2.41. The SMILES string of the molecule is CC1(C)CN(CCCO)CCN1CCO. The van der Waals surface area contributed by atoms with Crippen LogP contribution in [0.2, 0.25) is 0 Å². The van der Waals surface area contributed by atoms with Crippen LogP contribution in [0.4, 0.5) is 0 Å². The van der Waals surface area contributed by atoms with Crippen molar-refractivity contribution in [1.82, 2.24) is 9.80 Å². The molecule has 0 aromatic rings. The maximum absolute atomic E-state index is 8.97. The Labute approximate surface area is 92.5 Å². The van der Waals surface area contributed by atoms with Crippen molar-refractivity contribution in [3.05, 3.63) is 0 Å². The van der Waals surface area contributed by atoms with Gasteiger partial charge in [-0.05, 0) is 20.3 Å². The zero-order valence-electron chi connectivity index (χ0n) is 9.95. The molecule has 1 aliphatic rings. The molecule has 1 aliphatic heterocycles. The molecule has 0 aliphatic carbocycles. The van der Waals surface area contributed by atoms with Gasteiger partial charge in [-0.15, -0.1) is 0 Å². The van der Waals surface area contributed by atoms with E-state index in [1.807, 2.05) is 0 Å². The van der Waals surface area contributed by atoms with Crippen LogP contribution in [-0.4, -0.2) is 71.5 Å².